The Balaban J connectivity index is 1.57. The number of aliphatic hydroxyl groups is 2. The number of esters is 1. The van der Waals surface area contributed by atoms with Crippen molar-refractivity contribution in [2.75, 3.05) is 26.4 Å². The van der Waals surface area contributed by atoms with Gasteiger partial charge in [0.1, 0.15) is 18.9 Å². The van der Waals surface area contributed by atoms with Crippen LogP contribution in [-0.4, -0.2) is 87.5 Å². The number of nitrogens with zero attached hydrogens (tertiary/aromatic N) is 3. The predicted molar refractivity (Wildman–Crippen MR) is 138 cm³/mol. The normalized spacial score (nSPS) is 25.4. The van der Waals surface area contributed by atoms with Crippen molar-refractivity contribution in [1.29, 1.82) is 0 Å². The van der Waals surface area contributed by atoms with Crippen molar-refractivity contribution in [3.8, 4) is 0 Å². The maximum Gasteiger partial charge on any atom is 0.410 e. The summed E-state index contributed by atoms with van der Waals surface area (Å²) < 4.78 is 11.0. The molecule has 1 saturated heterocycles. The molecule has 1 fully saturated rings. The largest absolute Gasteiger partial charge is 0.457 e. The van der Waals surface area contributed by atoms with Crippen LogP contribution in [0.25, 0.3) is 5.57 Å². The lowest BCUT2D eigenvalue weighted by Gasteiger charge is -2.46. The van der Waals surface area contributed by atoms with Gasteiger partial charge in [-0.05, 0) is 6.92 Å². The van der Waals surface area contributed by atoms with Crippen molar-refractivity contribution in [2.45, 2.75) is 36.4 Å². The van der Waals surface area contributed by atoms with Crippen molar-refractivity contribution in [2.24, 2.45) is 11.8 Å². The molecule has 37 heavy (non-hydrogen) atoms. The zero-order valence-corrected chi connectivity index (χ0v) is 22.2. The van der Waals surface area contributed by atoms with Gasteiger partial charge in [-0.25, -0.2) is 14.6 Å². The second-order valence-corrected chi connectivity index (χ2v) is 11.0. The third-order valence-corrected chi connectivity index (χ3v) is 8.81. The monoisotopic (exact) mass is 547 g/mol. The maximum atomic E-state index is 12.9. The van der Waals surface area contributed by atoms with Crippen LogP contribution in [0.1, 0.15) is 19.5 Å². The zero-order chi connectivity index (χ0) is 26.9. The first kappa shape index (κ1) is 27.1. The molecule has 0 unspecified atom stereocenters. The molecular weight excluding hydrogens is 518 g/mol. The Kier molecular flexibility index (Phi) is 8.22. The highest BCUT2D eigenvalue weighted by Gasteiger charge is 2.60. The van der Waals surface area contributed by atoms with Crippen molar-refractivity contribution < 1.29 is 34.1 Å². The first-order valence-electron chi connectivity index (χ1n) is 11.8. The molecule has 4 rings (SSSR count). The Morgan fingerprint density at radius 3 is 2.68 bits per heavy atom. The number of carbonyl (C=O) groups is 3. The molecule has 0 aromatic carbocycles. The van der Waals surface area contributed by atoms with Gasteiger partial charge in [0.2, 0.25) is 5.91 Å². The molecule has 0 bridgehead atoms. The minimum Gasteiger partial charge on any atom is -0.457 e. The van der Waals surface area contributed by atoms with Crippen LogP contribution in [0.3, 0.4) is 0 Å². The lowest BCUT2D eigenvalue weighted by atomic mass is 9.79. The molecule has 4 heterocycles. The second-order valence-electron chi connectivity index (χ2n) is 8.83. The summed E-state index contributed by atoms with van der Waals surface area (Å²) in [5.41, 5.74) is 1.48. The van der Waals surface area contributed by atoms with E-state index in [1.54, 1.807) is 6.92 Å². The number of carbonyl (C=O) groups excluding carboxylic acids is 3. The van der Waals surface area contributed by atoms with E-state index in [0.717, 1.165) is 0 Å². The summed E-state index contributed by atoms with van der Waals surface area (Å²) in [6.45, 7) is 10.6. The number of thioether (sulfide) groups is 1. The van der Waals surface area contributed by atoms with Crippen LogP contribution < -0.4 is 0 Å². The fourth-order valence-electron chi connectivity index (χ4n) is 4.90. The van der Waals surface area contributed by atoms with Gasteiger partial charge in [-0.15, -0.1) is 11.3 Å². The van der Waals surface area contributed by atoms with Gasteiger partial charge in [0.05, 0.1) is 36.4 Å². The number of aliphatic hydroxyl groups excluding tert-OH is 2. The van der Waals surface area contributed by atoms with Crippen molar-refractivity contribution in [3.05, 3.63) is 53.1 Å². The van der Waals surface area contributed by atoms with Gasteiger partial charge in [-0.1, -0.05) is 50.1 Å². The van der Waals surface area contributed by atoms with Gasteiger partial charge >= 0.3 is 12.1 Å². The summed E-state index contributed by atoms with van der Waals surface area (Å²) in [5, 5.41) is 21.9. The van der Waals surface area contributed by atoms with Crippen LogP contribution >= 0.6 is 23.1 Å². The fraction of sp³-hybridized carbons (Fsp3) is 0.440. The molecule has 10 nitrogen and oxygen atoms in total. The van der Waals surface area contributed by atoms with Gasteiger partial charge in [0.25, 0.3) is 0 Å². The lowest BCUT2D eigenvalue weighted by Crippen LogP contribution is -2.63. The van der Waals surface area contributed by atoms with Crippen LogP contribution in [0.4, 0.5) is 4.79 Å². The lowest BCUT2D eigenvalue weighted by molar-refractivity contribution is -0.164. The van der Waals surface area contributed by atoms with Gasteiger partial charge in [-0.3, -0.25) is 9.69 Å². The summed E-state index contributed by atoms with van der Waals surface area (Å²) in [6, 6.07) is -0.940. The van der Waals surface area contributed by atoms with Crippen molar-refractivity contribution in [3.63, 3.8) is 0 Å². The summed E-state index contributed by atoms with van der Waals surface area (Å²) in [7, 11) is 0. The number of fused-ring (bicyclic) bond motifs is 1. The molecule has 1 aromatic rings. The summed E-state index contributed by atoms with van der Waals surface area (Å²) in [4.78, 5) is 46.3. The third kappa shape index (κ3) is 4.86. The molecular formula is C25H29N3O7S2. The standard InChI is InChI=1S/C25H29N3O7S2/c1-5-9-34-23(32)20-21(13(3)19-18(14(4)30)22(31)28(19)20)37-24-26-16(12-36-24)15-7-8-27(17(15)11-29)25(33)35-10-6-2/h5-7,12-14,17-19,29-30H,1-2,8-11H2,3-4H3/t13-,14-,17+,18-,19-/m1/s1. The molecule has 198 valence electrons. The Hall–Kier alpha value is -2.93. The quantitative estimate of drug-likeness (QED) is 0.258. The number of ether oxygens (including phenoxy) is 2. The second kappa shape index (κ2) is 11.2. The van der Waals surface area contributed by atoms with Gasteiger partial charge < -0.3 is 24.6 Å². The minimum absolute atomic E-state index is 0.00499. The van der Waals surface area contributed by atoms with E-state index in [1.807, 2.05) is 18.4 Å². The highest BCUT2D eigenvalue weighted by atomic mass is 32.2. The number of thiazole rings is 1. The van der Waals surface area contributed by atoms with Crippen LogP contribution in [0, 0.1) is 11.8 Å². The average Bonchev–Trinajstić information content (AvgIpc) is 3.56. The van der Waals surface area contributed by atoms with Crippen molar-refractivity contribution in [1.82, 2.24) is 14.8 Å². The summed E-state index contributed by atoms with van der Waals surface area (Å²) in [5.74, 6) is -1.74. The van der Waals surface area contributed by atoms with E-state index in [1.165, 1.54) is 45.1 Å². The van der Waals surface area contributed by atoms with Gasteiger partial charge in [-0.2, -0.15) is 0 Å². The van der Waals surface area contributed by atoms with E-state index in [2.05, 4.69) is 13.2 Å². The molecule has 3 aliphatic heterocycles. The molecule has 3 aliphatic rings. The SMILES string of the molecule is C=CCOC(=O)C1=C(Sc2nc(C3=CCN(C(=O)OCC=C)[C@H]3CO)cs2)[C@H](C)[C@@H]2[C@@H]([C@@H](C)O)C(=O)N12. The van der Waals surface area contributed by atoms with Crippen LogP contribution in [0.5, 0.6) is 0 Å². The van der Waals surface area contributed by atoms with Crippen LogP contribution in [-0.2, 0) is 19.1 Å². The molecule has 2 N–H and O–H groups in total. The topological polar surface area (TPSA) is 130 Å². The summed E-state index contributed by atoms with van der Waals surface area (Å²) >= 11 is 2.63. The number of aromatic nitrogens is 1. The third-order valence-electron chi connectivity index (χ3n) is 6.59. The number of β-lactam (4-membered cyclic amide) rings is 1. The Bertz CT molecular complexity index is 1170. The fourth-order valence-corrected chi connectivity index (χ4v) is 6.99. The zero-order valence-electron chi connectivity index (χ0n) is 20.5. The molecule has 2 amide bonds. The van der Waals surface area contributed by atoms with Crippen LogP contribution in [0.2, 0.25) is 0 Å². The molecule has 0 aliphatic carbocycles. The highest BCUT2D eigenvalue weighted by Crippen LogP contribution is 2.52. The molecule has 0 spiro atoms. The first-order chi connectivity index (χ1) is 17.7. The average molecular weight is 548 g/mol. The Morgan fingerprint density at radius 1 is 1.32 bits per heavy atom. The number of hydrogen-bond donors (Lipinski definition) is 2. The molecule has 5 atom stereocenters. The van der Waals surface area contributed by atoms with Gasteiger partial charge in [0.15, 0.2) is 4.34 Å². The molecule has 1 aromatic heterocycles. The molecule has 0 saturated carbocycles. The smallest absolute Gasteiger partial charge is 0.410 e. The van der Waals surface area contributed by atoms with E-state index in [9.17, 15) is 24.6 Å². The maximum absolute atomic E-state index is 12.9. The number of hydrogen-bond acceptors (Lipinski definition) is 10. The highest BCUT2D eigenvalue weighted by molar-refractivity contribution is 8.04. The van der Waals surface area contributed by atoms with Gasteiger partial charge in [0, 0.05) is 28.3 Å². The summed E-state index contributed by atoms with van der Waals surface area (Å²) in [6.07, 6.45) is 3.36. The van der Waals surface area contributed by atoms with E-state index in [4.69, 9.17) is 14.5 Å². The molecule has 12 heteroatoms. The predicted octanol–water partition coefficient (Wildman–Crippen LogP) is 2.42. The number of rotatable bonds is 10. The Labute approximate surface area is 222 Å². The van der Waals surface area contributed by atoms with Crippen LogP contribution in [0.15, 0.2) is 51.7 Å². The van der Waals surface area contributed by atoms with E-state index < -0.39 is 30.1 Å². The van der Waals surface area contributed by atoms with Crippen molar-refractivity contribution >= 4 is 46.6 Å². The molecule has 0 radical (unpaired) electrons. The van der Waals surface area contributed by atoms with E-state index in [-0.39, 0.29) is 49.9 Å². The Morgan fingerprint density at radius 2 is 2.03 bits per heavy atom. The minimum atomic E-state index is -0.844. The number of amides is 2. The van der Waals surface area contributed by atoms with E-state index >= 15 is 0 Å². The first-order valence-corrected chi connectivity index (χ1v) is 13.5. The van der Waals surface area contributed by atoms with E-state index in [0.29, 0.717) is 20.5 Å².